The lowest BCUT2D eigenvalue weighted by molar-refractivity contribution is 0.153. The Morgan fingerprint density at radius 2 is 2.07 bits per heavy atom. The molecule has 0 unspecified atom stereocenters. The van der Waals surface area contributed by atoms with Crippen molar-refractivity contribution in [2.24, 2.45) is 0 Å². The van der Waals surface area contributed by atoms with Crippen LogP contribution < -0.4 is 0 Å². The molecule has 0 saturated carbocycles. The molecule has 2 aromatic rings. The second-order valence-corrected chi connectivity index (χ2v) is 4.16. The minimum atomic E-state index is -2.57. The second kappa shape index (κ2) is 3.40. The van der Waals surface area contributed by atoms with E-state index in [1.165, 1.54) is 22.8 Å². The Balaban J connectivity index is 2.84. The number of fused-ring (bicyclic) bond motifs is 1. The summed E-state index contributed by atoms with van der Waals surface area (Å²) in [7, 11) is 0. The molecule has 0 aliphatic heterocycles. The average Bonchev–Trinajstić information content (AvgIpc) is 2.56. The van der Waals surface area contributed by atoms with E-state index in [2.05, 4.69) is 12.6 Å². The summed E-state index contributed by atoms with van der Waals surface area (Å²) >= 11 is 5.30. The van der Waals surface area contributed by atoms with Gasteiger partial charge < -0.3 is 5.11 Å². The Hall–Kier alpha value is -0.810. The summed E-state index contributed by atoms with van der Waals surface area (Å²) in [4.78, 5) is 0.606. The number of benzene rings is 1. The average molecular weight is 232 g/mol. The number of phenols is 1. The summed E-state index contributed by atoms with van der Waals surface area (Å²) in [5.41, 5.74) is -0.126. The number of phenolic OH excluding ortho intramolecular Hbond substituents is 1. The summed E-state index contributed by atoms with van der Waals surface area (Å²) in [5, 5.41) is 11.0. The molecule has 14 heavy (non-hydrogen) atoms. The zero-order valence-electron chi connectivity index (χ0n) is 6.87. The van der Waals surface area contributed by atoms with E-state index in [4.69, 9.17) is 0 Å². The van der Waals surface area contributed by atoms with Crippen LogP contribution in [0.15, 0.2) is 22.4 Å². The van der Waals surface area contributed by atoms with Crippen molar-refractivity contribution >= 4 is 34.1 Å². The smallest absolute Gasteiger partial charge is 0.265 e. The van der Waals surface area contributed by atoms with Gasteiger partial charge >= 0.3 is 0 Å². The van der Waals surface area contributed by atoms with Crippen LogP contribution in [0.2, 0.25) is 0 Å². The maximum atomic E-state index is 12.5. The van der Waals surface area contributed by atoms with Gasteiger partial charge in [0.05, 0.1) is 4.70 Å². The molecular weight excluding hydrogens is 226 g/mol. The van der Waals surface area contributed by atoms with Gasteiger partial charge in [-0.2, -0.15) is 0 Å². The van der Waals surface area contributed by atoms with Crippen molar-refractivity contribution in [3.05, 3.63) is 23.1 Å². The molecule has 74 valence electrons. The molecule has 2 rings (SSSR count). The quantitative estimate of drug-likeness (QED) is 0.716. The fourth-order valence-electron chi connectivity index (χ4n) is 1.30. The van der Waals surface area contributed by atoms with Gasteiger partial charge in [0.2, 0.25) is 0 Å². The number of thiophene rings is 1. The molecule has 0 spiro atoms. The maximum Gasteiger partial charge on any atom is 0.265 e. The molecule has 0 aliphatic carbocycles. The van der Waals surface area contributed by atoms with Crippen LogP contribution in [0.3, 0.4) is 0 Å². The Labute approximate surface area is 88.4 Å². The van der Waals surface area contributed by atoms with E-state index in [9.17, 15) is 13.9 Å². The highest BCUT2D eigenvalue weighted by atomic mass is 32.1. The van der Waals surface area contributed by atoms with Gasteiger partial charge in [-0.05, 0) is 12.1 Å². The Morgan fingerprint density at radius 3 is 2.71 bits per heavy atom. The highest BCUT2D eigenvalue weighted by Gasteiger charge is 2.17. The van der Waals surface area contributed by atoms with Crippen molar-refractivity contribution in [3.8, 4) is 5.75 Å². The molecule has 1 heterocycles. The van der Waals surface area contributed by atoms with Gasteiger partial charge in [-0.15, -0.1) is 24.0 Å². The summed E-state index contributed by atoms with van der Waals surface area (Å²) in [6, 6.07) is 2.97. The number of hydrogen-bond acceptors (Lipinski definition) is 3. The highest BCUT2D eigenvalue weighted by Crippen LogP contribution is 2.40. The van der Waals surface area contributed by atoms with Gasteiger partial charge in [0.1, 0.15) is 5.75 Å². The SMILES string of the molecule is Oc1ccc(S)c2scc(C(F)F)c12. The summed E-state index contributed by atoms with van der Waals surface area (Å²) < 4.78 is 25.6. The third kappa shape index (κ3) is 1.36. The number of rotatable bonds is 1. The molecule has 0 fully saturated rings. The number of halogens is 2. The van der Waals surface area contributed by atoms with Crippen LogP contribution in [-0.2, 0) is 0 Å². The van der Waals surface area contributed by atoms with E-state index in [1.807, 2.05) is 0 Å². The van der Waals surface area contributed by atoms with Gasteiger partial charge in [-0.25, -0.2) is 8.78 Å². The van der Waals surface area contributed by atoms with E-state index < -0.39 is 6.43 Å². The van der Waals surface area contributed by atoms with Gasteiger partial charge in [-0.1, -0.05) is 0 Å². The van der Waals surface area contributed by atoms with Crippen LogP contribution in [0, 0.1) is 0 Å². The first kappa shape index (κ1) is 9.73. The van der Waals surface area contributed by atoms with Gasteiger partial charge in [-0.3, -0.25) is 0 Å². The summed E-state index contributed by atoms with van der Waals surface area (Å²) in [6.45, 7) is 0. The largest absolute Gasteiger partial charge is 0.507 e. The van der Waals surface area contributed by atoms with Crippen LogP contribution in [0.5, 0.6) is 5.75 Å². The van der Waals surface area contributed by atoms with Crippen LogP contribution >= 0.6 is 24.0 Å². The number of alkyl halides is 2. The summed E-state index contributed by atoms with van der Waals surface area (Å²) in [5.74, 6) is -0.116. The maximum absolute atomic E-state index is 12.5. The zero-order valence-corrected chi connectivity index (χ0v) is 8.58. The van der Waals surface area contributed by atoms with Crippen LogP contribution in [-0.4, -0.2) is 5.11 Å². The fourth-order valence-corrected chi connectivity index (χ4v) is 2.64. The second-order valence-electron chi connectivity index (χ2n) is 2.80. The first-order valence-electron chi connectivity index (χ1n) is 3.81. The third-order valence-electron chi connectivity index (χ3n) is 1.94. The minimum absolute atomic E-state index is 0.116. The van der Waals surface area contributed by atoms with Crippen LogP contribution in [0.1, 0.15) is 12.0 Å². The number of hydrogen-bond donors (Lipinski definition) is 2. The van der Waals surface area contributed by atoms with E-state index >= 15 is 0 Å². The third-order valence-corrected chi connectivity index (χ3v) is 3.50. The van der Waals surface area contributed by atoms with Crippen molar-refractivity contribution < 1.29 is 13.9 Å². The highest BCUT2D eigenvalue weighted by molar-refractivity contribution is 7.80. The Bertz CT molecular complexity index is 479. The molecule has 5 heteroatoms. The molecule has 0 aliphatic rings. The zero-order chi connectivity index (χ0) is 10.3. The normalized spacial score (nSPS) is 11.4. The van der Waals surface area contributed by atoms with E-state index in [0.717, 1.165) is 0 Å². The molecule has 1 nitrogen and oxygen atoms in total. The van der Waals surface area contributed by atoms with Crippen molar-refractivity contribution in [1.82, 2.24) is 0 Å². The topological polar surface area (TPSA) is 20.2 Å². The Morgan fingerprint density at radius 1 is 1.36 bits per heavy atom. The van der Waals surface area contributed by atoms with E-state index in [-0.39, 0.29) is 16.7 Å². The fraction of sp³-hybridized carbons (Fsp3) is 0.111. The molecule has 0 saturated heterocycles. The van der Waals surface area contributed by atoms with Crippen molar-refractivity contribution in [2.45, 2.75) is 11.3 Å². The lowest BCUT2D eigenvalue weighted by Crippen LogP contribution is -1.81. The molecular formula is C9H6F2OS2. The standard InChI is InChI=1S/C9H6F2OS2/c10-9(11)4-3-14-8-6(13)2-1-5(12)7(4)8/h1-3,9,12-13H. The molecule has 1 aromatic heterocycles. The lowest BCUT2D eigenvalue weighted by atomic mass is 10.1. The first-order valence-corrected chi connectivity index (χ1v) is 5.14. The molecule has 0 atom stereocenters. The predicted octanol–water partition coefficient (Wildman–Crippen LogP) is 3.83. The number of aromatic hydroxyl groups is 1. The number of thiol groups is 1. The molecule has 1 N–H and O–H groups in total. The van der Waals surface area contributed by atoms with E-state index in [0.29, 0.717) is 9.60 Å². The van der Waals surface area contributed by atoms with Gasteiger partial charge in [0.15, 0.2) is 0 Å². The minimum Gasteiger partial charge on any atom is -0.507 e. The summed E-state index contributed by atoms with van der Waals surface area (Å²) in [6.07, 6.45) is -2.57. The molecule has 1 aromatic carbocycles. The lowest BCUT2D eigenvalue weighted by Gasteiger charge is -2.01. The first-order chi connectivity index (χ1) is 6.61. The molecule has 0 radical (unpaired) electrons. The predicted molar refractivity (Wildman–Crippen MR) is 55.7 cm³/mol. The van der Waals surface area contributed by atoms with Crippen LogP contribution in [0.25, 0.3) is 10.1 Å². The monoisotopic (exact) mass is 232 g/mol. The van der Waals surface area contributed by atoms with Gasteiger partial charge in [0.25, 0.3) is 6.43 Å². The van der Waals surface area contributed by atoms with Crippen molar-refractivity contribution in [2.75, 3.05) is 0 Å². The van der Waals surface area contributed by atoms with Gasteiger partial charge in [0, 0.05) is 21.2 Å². The molecule has 0 amide bonds. The van der Waals surface area contributed by atoms with E-state index in [1.54, 1.807) is 6.07 Å². The van der Waals surface area contributed by atoms with Crippen molar-refractivity contribution in [1.29, 1.82) is 0 Å². The van der Waals surface area contributed by atoms with Crippen LogP contribution in [0.4, 0.5) is 8.78 Å². The van der Waals surface area contributed by atoms with Crippen molar-refractivity contribution in [3.63, 3.8) is 0 Å². The molecule has 0 bridgehead atoms. The Kier molecular flexibility index (Phi) is 2.36.